The molecule has 1 saturated carbocycles. The number of nitrogens with two attached hydrogens (primary N) is 1. The minimum atomic E-state index is -1.44. The van der Waals surface area contributed by atoms with E-state index in [-0.39, 0.29) is 58.2 Å². The number of carbonyl (C=O) groups excluding carboxylic acids is 6. The molecule has 4 heterocycles. The Morgan fingerprint density at radius 2 is 1.46 bits per heavy atom. The summed E-state index contributed by atoms with van der Waals surface area (Å²) in [5.74, 6) is -2.76. The van der Waals surface area contributed by atoms with E-state index in [0.717, 1.165) is 16.5 Å². The van der Waals surface area contributed by atoms with Crippen molar-refractivity contribution in [2.24, 2.45) is 5.73 Å². The Labute approximate surface area is 365 Å². The van der Waals surface area contributed by atoms with Crippen molar-refractivity contribution >= 4 is 46.3 Å². The summed E-state index contributed by atoms with van der Waals surface area (Å²) in [6.45, 7) is 0.332. The number of hydrogen-bond acceptors (Lipinski definition) is 9. The number of carbonyl (C=O) groups is 6. The van der Waals surface area contributed by atoms with Crippen LogP contribution in [0.5, 0.6) is 5.75 Å². The number of fused-ring (bicyclic) bond motifs is 3. The van der Waals surface area contributed by atoms with E-state index in [4.69, 9.17) is 10.5 Å². The Morgan fingerprint density at radius 1 is 0.746 bits per heavy atom. The van der Waals surface area contributed by atoms with Gasteiger partial charge in [0.05, 0.1) is 18.2 Å². The van der Waals surface area contributed by atoms with E-state index in [1.165, 1.54) is 9.80 Å². The average Bonchev–Trinajstić information content (AvgIpc) is 4.13. The Balaban J connectivity index is 1.18. The molecule has 16 heteroatoms. The molecule has 3 saturated heterocycles. The zero-order valence-electron chi connectivity index (χ0n) is 35.0. The number of nitriles is 1. The molecule has 16 nitrogen and oxygen atoms in total. The van der Waals surface area contributed by atoms with Crippen molar-refractivity contribution in [3.8, 4) is 11.8 Å². The number of nitrogens with zero attached hydrogens (tertiary/aromatic N) is 3. The molecule has 1 spiro atoms. The number of aromatic nitrogens is 1. The lowest BCUT2D eigenvalue weighted by atomic mass is 9.93. The molecule has 6 amide bonds. The van der Waals surface area contributed by atoms with Gasteiger partial charge in [-0.2, -0.15) is 5.26 Å². The maximum absolute atomic E-state index is 14.8. The highest BCUT2D eigenvalue weighted by Gasteiger charge is 2.49. The molecule has 4 aliphatic rings. The van der Waals surface area contributed by atoms with E-state index in [1.54, 1.807) is 42.6 Å². The van der Waals surface area contributed by atoms with Crippen molar-refractivity contribution in [1.82, 2.24) is 36.1 Å². The molecule has 1 aliphatic carbocycles. The average molecular weight is 856 g/mol. The van der Waals surface area contributed by atoms with Crippen molar-refractivity contribution in [3.63, 3.8) is 0 Å². The summed E-state index contributed by atoms with van der Waals surface area (Å²) >= 11 is 0. The Morgan fingerprint density at radius 3 is 2.21 bits per heavy atom. The van der Waals surface area contributed by atoms with Gasteiger partial charge in [-0.1, -0.05) is 61.4 Å². The van der Waals surface area contributed by atoms with E-state index < -0.39 is 77.3 Å². The first-order valence-electron chi connectivity index (χ1n) is 21.9. The van der Waals surface area contributed by atoms with E-state index in [0.29, 0.717) is 42.6 Å². The Hall–Kier alpha value is -6.73. The fourth-order valence-corrected chi connectivity index (χ4v) is 9.61. The summed E-state index contributed by atoms with van der Waals surface area (Å²) in [4.78, 5) is 94.1. The van der Waals surface area contributed by atoms with Crippen LogP contribution in [-0.2, 0) is 41.6 Å². The molecule has 3 aromatic carbocycles. The predicted octanol–water partition coefficient (Wildman–Crippen LogP) is 2.11. The van der Waals surface area contributed by atoms with Gasteiger partial charge in [0.1, 0.15) is 47.6 Å². The molecule has 0 radical (unpaired) electrons. The highest BCUT2D eigenvalue weighted by Crippen LogP contribution is 2.32. The molecule has 0 bridgehead atoms. The fourth-order valence-electron chi connectivity index (χ4n) is 9.61. The van der Waals surface area contributed by atoms with Gasteiger partial charge in [-0.15, -0.1) is 0 Å². The van der Waals surface area contributed by atoms with Crippen LogP contribution >= 0.6 is 0 Å². The Kier molecular flexibility index (Phi) is 12.8. The molecular formula is C47H53N9O7. The first kappa shape index (κ1) is 42.9. The van der Waals surface area contributed by atoms with Crippen LogP contribution in [0.4, 0.5) is 0 Å². The lowest BCUT2D eigenvalue weighted by Gasteiger charge is -2.35. The second-order valence-electron chi connectivity index (χ2n) is 17.1. The first-order chi connectivity index (χ1) is 30.6. The van der Waals surface area contributed by atoms with Gasteiger partial charge in [0.25, 0.3) is 0 Å². The molecule has 6 atom stereocenters. The molecule has 4 aromatic rings. The summed E-state index contributed by atoms with van der Waals surface area (Å²) < 4.78 is 6.30. The number of ether oxygens (including phenoxy) is 1. The lowest BCUT2D eigenvalue weighted by Crippen LogP contribution is -2.65. The van der Waals surface area contributed by atoms with Crippen LogP contribution in [0.2, 0.25) is 0 Å². The number of para-hydroxylation sites is 2. The van der Waals surface area contributed by atoms with Crippen LogP contribution in [0.15, 0.2) is 85.1 Å². The largest absolute Gasteiger partial charge is 0.488 e. The molecule has 63 heavy (non-hydrogen) atoms. The summed E-state index contributed by atoms with van der Waals surface area (Å²) in [7, 11) is 0. The predicted molar refractivity (Wildman–Crippen MR) is 231 cm³/mol. The van der Waals surface area contributed by atoms with Gasteiger partial charge in [0.15, 0.2) is 0 Å². The first-order valence-corrected chi connectivity index (χ1v) is 21.9. The summed E-state index contributed by atoms with van der Waals surface area (Å²) in [6, 6.07) is 19.8. The third-order valence-corrected chi connectivity index (χ3v) is 12.9. The number of benzene rings is 3. The van der Waals surface area contributed by atoms with Gasteiger partial charge in [-0.05, 0) is 80.1 Å². The topological polar surface area (TPSA) is 232 Å². The third kappa shape index (κ3) is 9.24. The minimum Gasteiger partial charge on any atom is -0.488 e. The molecule has 4 fully saturated rings. The summed E-state index contributed by atoms with van der Waals surface area (Å²) in [5, 5.41) is 22.1. The smallest absolute Gasteiger partial charge is 0.246 e. The van der Waals surface area contributed by atoms with Crippen molar-refractivity contribution in [1.29, 1.82) is 5.26 Å². The maximum atomic E-state index is 14.8. The van der Waals surface area contributed by atoms with Crippen molar-refractivity contribution < 1.29 is 33.5 Å². The van der Waals surface area contributed by atoms with Crippen LogP contribution in [0.1, 0.15) is 68.1 Å². The lowest BCUT2D eigenvalue weighted by molar-refractivity contribution is -0.148. The standard InChI is InChI=1S/C47H53N9O7/c48-21-18-36-44(60)55-22-8-13-39(55)45(61)56-28-33(63-32-9-2-1-3-10-32)25-40(56)43(59)52-37(23-29-14-16-30(26-49)17-15-29)42(58)54-47(19-6-7-20-47)46(62)53-38(41(57)51-36)24-31-27-50-35-12-5-4-11-34(31)35/h1-5,9-12,14-17,27,33,36-40,50H,6-8,13,18-25,28,48H2,(H,51,57)(H,52,59)(H,53,62)(H,54,58)/t33-,36-,37-,38-,39+,40+/m0/s1. The quantitative estimate of drug-likeness (QED) is 0.152. The molecule has 3 aliphatic heterocycles. The normalized spacial score (nSPS) is 25.7. The maximum Gasteiger partial charge on any atom is 0.246 e. The van der Waals surface area contributed by atoms with Crippen LogP contribution in [0.3, 0.4) is 0 Å². The van der Waals surface area contributed by atoms with Gasteiger partial charge in [0.2, 0.25) is 35.4 Å². The second-order valence-corrected chi connectivity index (χ2v) is 17.1. The van der Waals surface area contributed by atoms with Gasteiger partial charge in [0, 0.05) is 42.9 Å². The molecule has 0 unspecified atom stereocenters. The van der Waals surface area contributed by atoms with Crippen LogP contribution < -0.4 is 31.7 Å². The van der Waals surface area contributed by atoms with Crippen LogP contribution in [0, 0.1) is 11.3 Å². The van der Waals surface area contributed by atoms with Crippen molar-refractivity contribution in [3.05, 3.63) is 102 Å². The zero-order valence-corrected chi connectivity index (χ0v) is 35.0. The summed E-state index contributed by atoms with van der Waals surface area (Å²) in [6.07, 6.45) is 4.04. The SMILES string of the molecule is N#Cc1ccc(C[C@@H]2NC(=O)[C@H]3C[C@H](Oc4ccccc4)CN3C(=O)[C@H]3CCCN3C(=O)[C@H](CCN)NC(=O)[C@H](Cc3c[nH]c4ccccc34)NC(=O)C3(CCCC3)NC2=O)cc1. The zero-order chi connectivity index (χ0) is 44.1. The highest BCUT2D eigenvalue weighted by molar-refractivity contribution is 6.00. The second kappa shape index (κ2) is 18.7. The molecule has 1 aromatic heterocycles. The van der Waals surface area contributed by atoms with Crippen molar-refractivity contribution in [2.75, 3.05) is 19.6 Å². The van der Waals surface area contributed by atoms with Gasteiger partial charge < -0.3 is 46.5 Å². The monoisotopic (exact) mass is 855 g/mol. The number of amides is 6. The molecular weight excluding hydrogens is 803 g/mol. The van der Waals surface area contributed by atoms with Gasteiger partial charge >= 0.3 is 0 Å². The number of H-pyrrole nitrogens is 1. The van der Waals surface area contributed by atoms with E-state index >= 15 is 0 Å². The van der Waals surface area contributed by atoms with E-state index in [2.05, 4.69) is 32.3 Å². The number of hydrogen-bond donors (Lipinski definition) is 6. The van der Waals surface area contributed by atoms with Gasteiger partial charge in [-0.25, -0.2) is 0 Å². The molecule has 8 rings (SSSR count). The molecule has 7 N–H and O–H groups in total. The number of rotatable bonds is 8. The van der Waals surface area contributed by atoms with Crippen molar-refractivity contribution in [2.45, 2.75) is 106 Å². The highest BCUT2D eigenvalue weighted by atomic mass is 16.5. The fraction of sp³-hybridized carbons (Fsp3) is 0.426. The summed E-state index contributed by atoms with van der Waals surface area (Å²) in [5.41, 5.74) is 7.26. The van der Waals surface area contributed by atoms with Crippen LogP contribution in [0.25, 0.3) is 10.9 Å². The molecule has 328 valence electrons. The Bertz CT molecular complexity index is 2390. The van der Waals surface area contributed by atoms with Crippen LogP contribution in [-0.4, -0.2) is 112 Å². The third-order valence-electron chi connectivity index (χ3n) is 12.9. The number of nitrogens with one attached hydrogen (secondary N) is 5. The number of aromatic amines is 1. The van der Waals surface area contributed by atoms with E-state index in [1.807, 2.05) is 42.5 Å². The van der Waals surface area contributed by atoms with E-state index in [9.17, 15) is 34.0 Å². The minimum absolute atomic E-state index is 0.00459. The van der Waals surface area contributed by atoms with Gasteiger partial charge in [-0.3, -0.25) is 28.8 Å².